The molecule has 1 atom stereocenters. The van der Waals surface area contributed by atoms with Crippen LogP contribution >= 0.6 is 11.6 Å². The fourth-order valence-corrected chi connectivity index (χ4v) is 6.10. The van der Waals surface area contributed by atoms with E-state index in [0.717, 1.165) is 18.4 Å². The molecule has 3 rings (SSSR count). The van der Waals surface area contributed by atoms with Crippen molar-refractivity contribution in [3.63, 3.8) is 0 Å². The molecule has 0 bridgehead atoms. The van der Waals surface area contributed by atoms with Gasteiger partial charge in [0.1, 0.15) is 0 Å². The first-order valence-corrected chi connectivity index (χ1v) is 12.4. The number of piperidine rings is 1. The number of nitrogens with one attached hydrogen (secondary N) is 2. The van der Waals surface area contributed by atoms with Crippen LogP contribution in [0.15, 0.2) is 47.4 Å². The highest BCUT2D eigenvalue weighted by Crippen LogP contribution is 2.29. The van der Waals surface area contributed by atoms with E-state index in [0.29, 0.717) is 40.6 Å². The van der Waals surface area contributed by atoms with Gasteiger partial charge in [-0.25, -0.2) is 8.42 Å². The predicted octanol–water partition coefficient (Wildman–Crippen LogP) is 3.65. The molecule has 2 aromatic carbocycles. The number of hydrogen-bond donors (Lipinski definition) is 2. The molecule has 0 aliphatic carbocycles. The maximum Gasteiger partial charge on any atom is 0.313 e. The average Bonchev–Trinajstić information content (AvgIpc) is 2.75. The van der Waals surface area contributed by atoms with Gasteiger partial charge in [-0.2, -0.15) is 4.31 Å². The second kappa shape index (κ2) is 10.5. The summed E-state index contributed by atoms with van der Waals surface area (Å²) < 4.78 is 28.3. The average molecular weight is 478 g/mol. The number of anilines is 1. The molecule has 32 heavy (non-hydrogen) atoms. The molecule has 1 heterocycles. The number of sulfonamides is 1. The van der Waals surface area contributed by atoms with Crippen molar-refractivity contribution in [1.82, 2.24) is 9.62 Å². The lowest BCUT2D eigenvalue weighted by Crippen LogP contribution is -2.46. The van der Waals surface area contributed by atoms with E-state index in [1.54, 1.807) is 41.6 Å². The van der Waals surface area contributed by atoms with Crippen LogP contribution in [0.25, 0.3) is 0 Å². The summed E-state index contributed by atoms with van der Waals surface area (Å²) in [7, 11) is -3.65. The summed E-state index contributed by atoms with van der Waals surface area (Å²) in [6.07, 6.45) is 2.87. The quantitative estimate of drug-likeness (QED) is 0.621. The van der Waals surface area contributed by atoms with Crippen LogP contribution in [0.4, 0.5) is 5.69 Å². The van der Waals surface area contributed by atoms with Crippen LogP contribution in [0.5, 0.6) is 0 Å². The van der Waals surface area contributed by atoms with Gasteiger partial charge in [0.25, 0.3) is 0 Å². The minimum Gasteiger partial charge on any atom is -0.348 e. The molecule has 1 aliphatic heterocycles. The van der Waals surface area contributed by atoms with Crippen LogP contribution in [0, 0.1) is 13.8 Å². The summed E-state index contributed by atoms with van der Waals surface area (Å²) in [4.78, 5) is 24.6. The molecule has 0 aromatic heterocycles. The van der Waals surface area contributed by atoms with Crippen molar-refractivity contribution in [1.29, 1.82) is 0 Å². The second-order valence-corrected chi connectivity index (χ2v) is 10.3. The van der Waals surface area contributed by atoms with E-state index in [2.05, 4.69) is 10.6 Å². The minimum atomic E-state index is -3.65. The first-order chi connectivity index (χ1) is 15.2. The monoisotopic (exact) mass is 477 g/mol. The number of carbonyl (C=O) groups is 2. The lowest BCUT2D eigenvalue weighted by Gasteiger charge is -2.35. The maximum atomic E-state index is 13.4. The first-order valence-electron chi connectivity index (χ1n) is 10.6. The van der Waals surface area contributed by atoms with Crippen molar-refractivity contribution in [2.24, 2.45) is 0 Å². The lowest BCUT2D eigenvalue weighted by molar-refractivity contribution is -0.136. The van der Waals surface area contributed by atoms with Crippen LogP contribution in [0.2, 0.25) is 5.02 Å². The van der Waals surface area contributed by atoms with Gasteiger partial charge in [0.2, 0.25) is 10.0 Å². The van der Waals surface area contributed by atoms with E-state index in [9.17, 15) is 18.0 Å². The van der Waals surface area contributed by atoms with E-state index >= 15 is 0 Å². The van der Waals surface area contributed by atoms with Gasteiger partial charge in [0, 0.05) is 29.8 Å². The Morgan fingerprint density at radius 1 is 1.09 bits per heavy atom. The normalized spacial score (nSPS) is 17.0. The lowest BCUT2D eigenvalue weighted by atomic mass is 10.0. The third kappa shape index (κ3) is 5.88. The Balaban J connectivity index is 1.61. The maximum absolute atomic E-state index is 13.4. The number of amides is 2. The molecular formula is C23H28ClN3O4S. The van der Waals surface area contributed by atoms with Gasteiger partial charge in [-0.1, -0.05) is 36.2 Å². The van der Waals surface area contributed by atoms with Gasteiger partial charge < -0.3 is 10.6 Å². The van der Waals surface area contributed by atoms with Gasteiger partial charge in [-0.15, -0.1) is 0 Å². The van der Waals surface area contributed by atoms with E-state index in [1.807, 2.05) is 19.1 Å². The van der Waals surface area contributed by atoms with Crippen molar-refractivity contribution in [2.45, 2.75) is 50.5 Å². The Hall–Kier alpha value is -2.42. The third-order valence-corrected chi connectivity index (χ3v) is 7.88. The summed E-state index contributed by atoms with van der Waals surface area (Å²) in [6.45, 7) is 4.31. The SMILES string of the molecule is Cc1ccc(C)c(S(=O)(=O)N2CCCC[C@@H]2CCNC(=O)C(=O)Nc2cccc(Cl)c2)c1. The number of halogens is 1. The predicted molar refractivity (Wildman–Crippen MR) is 125 cm³/mol. The standard InChI is InChI=1S/C23H28ClN3O4S/c1-16-9-10-17(2)21(14-16)32(30,31)27-13-4-3-8-20(27)11-12-25-22(28)23(29)26-19-7-5-6-18(24)15-19/h5-7,9-10,14-15,20H,3-4,8,11-13H2,1-2H3,(H,25,28)(H,26,29)/t20-/m1/s1. The molecule has 2 N–H and O–H groups in total. The molecule has 2 amide bonds. The summed E-state index contributed by atoms with van der Waals surface area (Å²) >= 11 is 5.88. The van der Waals surface area contributed by atoms with E-state index < -0.39 is 21.8 Å². The highest BCUT2D eigenvalue weighted by Gasteiger charge is 2.34. The van der Waals surface area contributed by atoms with Gasteiger partial charge in [-0.05, 0) is 68.5 Å². The highest BCUT2D eigenvalue weighted by molar-refractivity contribution is 7.89. The topological polar surface area (TPSA) is 95.6 Å². The van der Waals surface area contributed by atoms with Crippen molar-refractivity contribution in [3.8, 4) is 0 Å². The largest absolute Gasteiger partial charge is 0.348 e. The highest BCUT2D eigenvalue weighted by atomic mass is 35.5. The third-order valence-electron chi connectivity index (χ3n) is 5.56. The fraction of sp³-hybridized carbons (Fsp3) is 0.391. The minimum absolute atomic E-state index is 0.200. The zero-order chi connectivity index (χ0) is 23.3. The fourth-order valence-electron chi connectivity index (χ4n) is 3.88. The Morgan fingerprint density at radius 2 is 1.88 bits per heavy atom. The van der Waals surface area contributed by atoms with Crippen molar-refractivity contribution < 1.29 is 18.0 Å². The molecule has 7 nitrogen and oxygen atoms in total. The Kier molecular flexibility index (Phi) is 7.92. The summed E-state index contributed by atoms with van der Waals surface area (Å²) in [5.41, 5.74) is 2.03. The number of rotatable bonds is 6. The molecular weight excluding hydrogens is 450 g/mol. The Labute approximate surface area is 194 Å². The van der Waals surface area contributed by atoms with Crippen LogP contribution in [-0.4, -0.2) is 43.7 Å². The molecule has 9 heteroatoms. The Morgan fingerprint density at radius 3 is 2.62 bits per heavy atom. The van der Waals surface area contributed by atoms with Gasteiger partial charge in [0.05, 0.1) is 4.90 Å². The number of carbonyl (C=O) groups excluding carboxylic acids is 2. The summed E-state index contributed by atoms with van der Waals surface area (Å²) in [5, 5.41) is 5.54. The van der Waals surface area contributed by atoms with E-state index in [-0.39, 0.29) is 12.6 Å². The van der Waals surface area contributed by atoms with Crippen molar-refractivity contribution in [2.75, 3.05) is 18.4 Å². The number of nitrogens with zero attached hydrogens (tertiary/aromatic N) is 1. The molecule has 0 spiro atoms. The molecule has 1 saturated heterocycles. The Bertz CT molecular complexity index is 1100. The van der Waals surface area contributed by atoms with Crippen LogP contribution in [0.3, 0.4) is 0 Å². The zero-order valence-corrected chi connectivity index (χ0v) is 19.8. The molecule has 1 fully saturated rings. The van der Waals surface area contributed by atoms with E-state index in [4.69, 9.17) is 11.6 Å². The summed E-state index contributed by atoms with van der Waals surface area (Å²) in [6, 6.07) is 11.7. The van der Waals surface area contributed by atoms with Gasteiger partial charge >= 0.3 is 11.8 Å². The second-order valence-electron chi connectivity index (χ2n) is 8.04. The smallest absolute Gasteiger partial charge is 0.313 e. The van der Waals surface area contributed by atoms with Gasteiger partial charge in [-0.3, -0.25) is 9.59 Å². The van der Waals surface area contributed by atoms with Crippen LogP contribution < -0.4 is 10.6 Å². The molecule has 1 aliphatic rings. The number of benzene rings is 2. The molecule has 172 valence electrons. The molecule has 0 radical (unpaired) electrons. The van der Waals surface area contributed by atoms with Crippen LogP contribution in [0.1, 0.15) is 36.8 Å². The van der Waals surface area contributed by atoms with Crippen LogP contribution in [-0.2, 0) is 19.6 Å². The molecule has 2 aromatic rings. The zero-order valence-electron chi connectivity index (χ0n) is 18.2. The first kappa shape index (κ1) is 24.2. The molecule has 0 saturated carbocycles. The van der Waals surface area contributed by atoms with Gasteiger partial charge in [0.15, 0.2) is 0 Å². The van der Waals surface area contributed by atoms with Crippen molar-refractivity contribution >= 4 is 39.1 Å². The molecule has 0 unspecified atom stereocenters. The van der Waals surface area contributed by atoms with Crippen molar-refractivity contribution in [3.05, 3.63) is 58.6 Å². The van der Waals surface area contributed by atoms with E-state index in [1.165, 1.54) is 0 Å². The summed E-state index contributed by atoms with van der Waals surface area (Å²) in [5.74, 6) is -1.57. The number of hydrogen-bond acceptors (Lipinski definition) is 4. The number of aryl methyl sites for hydroxylation is 2.